The molecule has 3 heterocycles. The Hall–Kier alpha value is -3.72. The predicted molar refractivity (Wildman–Crippen MR) is 133 cm³/mol. The first-order valence-corrected chi connectivity index (χ1v) is 12.1. The smallest absolute Gasteiger partial charge is 0.410 e. The summed E-state index contributed by atoms with van der Waals surface area (Å²) in [4.78, 5) is 26.8. The Kier molecular flexibility index (Phi) is 6.73. The van der Waals surface area contributed by atoms with Gasteiger partial charge < -0.3 is 24.4 Å². The number of halogens is 1. The highest BCUT2D eigenvalue weighted by Gasteiger charge is 2.39. The highest BCUT2D eigenvalue weighted by Crippen LogP contribution is 2.38. The van der Waals surface area contributed by atoms with Gasteiger partial charge in [0, 0.05) is 55.3 Å². The van der Waals surface area contributed by atoms with Gasteiger partial charge in [0.15, 0.2) is 0 Å². The first-order chi connectivity index (χ1) is 17.4. The molecule has 5 rings (SSSR count). The lowest BCUT2D eigenvalue weighted by Crippen LogP contribution is -2.44. The summed E-state index contributed by atoms with van der Waals surface area (Å²) >= 11 is 5.96. The monoisotopic (exact) mass is 510 g/mol. The molecule has 188 valence electrons. The lowest BCUT2D eigenvalue weighted by Gasteiger charge is -2.33. The van der Waals surface area contributed by atoms with E-state index in [2.05, 4.69) is 10.4 Å². The van der Waals surface area contributed by atoms with Crippen LogP contribution in [0.4, 0.5) is 4.79 Å². The molecule has 0 spiro atoms. The van der Waals surface area contributed by atoms with Crippen molar-refractivity contribution in [1.29, 1.82) is 0 Å². The molecule has 1 N–H and O–H groups in total. The second-order valence-electron chi connectivity index (χ2n) is 8.95. The van der Waals surface area contributed by atoms with Gasteiger partial charge in [0.1, 0.15) is 24.2 Å². The Bertz CT molecular complexity index is 1280. The fourth-order valence-electron chi connectivity index (χ4n) is 4.62. The van der Waals surface area contributed by atoms with Crippen LogP contribution >= 0.6 is 11.6 Å². The van der Waals surface area contributed by atoms with E-state index in [1.807, 2.05) is 25.4 Å². The summed E-state index contributed by atoms with van der Waals surface area (Å²) in [6.45, 7) is 1.28. The molecule has 2 saturated heterocycles. The number of hydrogen-bond donors (Lipinski definition) is 1. The van der Waals surface area contributed by atoms with E-state index in [1.54, 1.807) is 40.0 Å². The van der Waals surface area contributed by atoms with Crippen LogP contribution in [0.5, 0.6) is 11.5 Å². The molecular formula is C26H27ClN4O5. The number of rotatable bonds is 7. The van der Waals surface area contributed by atoms with Gasteiger partial charge in [-0.15, -0.1) is 0 Å². The highest BCUT2D eigenvalue weighted by molar-refractivity contribution is 6.30. The normalized spacial score (nSPS) is 19.0. The maximum Gasteiger partial charge on any atom is 0.410 e. The number of nitrogens with zero attached hydrogens (tertiary/aromatic N) is 3. The van der Waals surface area contributed by atoms with E-state index < -0.39 is 0 Å². The molecular weight excluding hydrogens is 484 g/mol. The summed E-state index contributed by atoms with van der Waals surface area (Å²) < 4.78 is 19.0. The number of carbonyl (C=O) groups is 2. The summed E-state index contributed by atoms with van der Waals surface area (Å²) in [5.74, 6) is 0.706. The van der Waals surface area contributed by atoms with Gasteiger partial charge in [-0.3, -0.25) is 9.48 Å². The van der Waals surface area contributed by atoms with Crippen molar-refractivity contribution in [2.45, 2.75) is 31.5 Å². The summed E-state index contributed by atoms with van der Waals surface area (Å²) in [7, 11) is 3.37. The summed E-state index contributed by atoms with van der Waals surface area (Å²) in [6, 6.07) is 10.8. The molecule has 2 aliphatic rings. The van der Waals surface area contributed by atoms with E-state index in [-0.39, 0.29) is 24.1 Å². The summed E-state index contributed by atoms with van der Waals surface area (Å²) in [5.41, 5.74) is 2.91. The van der Waals surface area contributed by atoms with Gasteiger partial charge in [-0.1, -0.05) is 23.7 Å². The highest BCUT2D eigenvalue weighted by atomic mass is 35.5. The van der Waals surface area contributed by atoms with Gasteiger partial charge in [0.25, 0.3) is 5.91 Å². The number of ether oxygens (including phenoxy) is 3. The van der Waals surface area contributed by atoms with Gasteiger partial charge in [0.2, 0.25) is 0 Å². The Labute approximate surface area is 213 Å². The number of nitrogens with one attached hydrogen (secondary N) is 1. The molecule has 9 nitrogen and oxygen atoms in total. The molecule has 0 bridgehead atoms. The maximum absolute atomic E-state index is 13.2. The zero-order valence-electron chi connectivity index (χ0n) is 20.1. The third-order valence-corrected chi connectivity index (χ3v) is 6.78. The zero-order chi connectivity index (χ0) is 25.2. The lowest BCUT2D eigenvalue weighted by molar-refractivity contribution is 0.0916. The van der Waals surface area contributed by atoms with Gasteiger partial charge in [-0.25, -0.2) is 4.79 Å². The number of carbonyl (C=O) groups excluding carboxylic acids is 2. The third kappa shape index (κ3) is 4.97. The Morgan fingerprint density at radius 3 is 2.78 bits per heavy atom. The van der Waals surface area contributed by atoms with Crippen molar-refractivity contribution in [1.82, 2.24) is 20.0 Å². The van der Waals surface area contributed by atoms with Gasteiger partial charge in [-0.2, -0.15) is 5.10 Å². The quantitative estimate of drug-likeness (QED) is 0.515. The lowest BCUT2D eigenvalue weighted by atomic mass is 10.00. The first kappa shape index (κ1) is 24.0. The number of aromatic nitrogens is 2. The second-order valence-corrected chi connectivity index (χ2v) is 9.39. The molecule has 1 aromatic heterocycles. The molecule has 2 fully saturated rings. The van der Waals surface area contributed by atoms with Crippen molar-refractivity contribution in [3.05, 3.63) is 64.9 Å². The Balaban J connectivity index is 1.42. The van der Waals surface area contributed by atoms with Crippen molar-refractivity contribution in [2.24, 2.45) is 7.05 Å². The molecule has 10 heteroatoms. The number of hydrogen-bond acceptors (Lipinski definition) is 6. The van der Waals surface area contributed by atoms with Crippen LogP contribution < -0.4 is 14.8 Å². The molecule has 2 aliphatic heterocycles. The number of methoxy groups -OCH3 is 1. The van der Waals surface area contributed by atoms with Crippen molar-refractivity contribution in [2.75, 3.05) is 20.3 Å². The molecule has 3 aromatic rings. The van der Waals surface area contributed by atoms with Crippen LogP contribution in [0.1, 0.15) is 28.8 Å². The molecule has 2 atom stereocenters. The van der Waals surface area contributed by atoms with E-state index in [4.69, 9.17) is 25.8 Å². The number of cyclic esters (lactones) is 1. The van der Waals surface area contributed by atoms with E-state index >= 15 is 0 Å². The van der Waals surface area contributed by atoms with Crippen molar-refractivity contribution < 1.29 is 23.8 Å². The van der Waals surface area contributed by atoms with E-state index in [1.165, 1.54) is 7.11 Å². The number of fused-ring (bicyclic) bond motifs is 1. The minimum Gasteiger partial charge on any atom is -0.496 e. The molecule has 0 unspecified atom stereocenters. The van der Waals surface area contributed by atoms with Crippen molar-refractivity contribution in [3.63, 3.8) is 0 Å². The second kappa shape index (κ2) is 10.1. The standard InChI is InChI=1S/C26H27ClN4O5/c1-30-14-17(13-29-30)21-10-23(34-2)22(25(32)28-12-16-3-5-18(27)6-4-16)11-24(21)36-20-7-8-31-19(9-20)15-35-26(31)33/h3-6,10-11,13-14,19-20H,7-9,12,15H2,1-2H3,(H,28,32)/t19-,20-/m0/s1. The van der Waals surface area contributed by atoms with E-state index in [0.29, 0.717) is 54.6 Å². The first-order valence-electron chi connectivity index (χ1n) is 11.7. The van der Waals surface area contributed by atoms with Crippen LogP contribution in [0.15, 0.2) is 48.8 Å². The molecule has 2 aromatic carbocycles. The van der Waals surface area contributed by atoms with Gasteiger partial charge in [-0.05, 0) is 29.8 Å². The van der Waals surface area contributed by atoms with E-state index in [9.17, 15) is 9.59 Å². The topological polar surface area (TPSA) is 94.9 Å². The van der Waals surface area contributed by atoms with Crippen LogP contribution in [-0.4, -0.2) is 59.1 Å². The average Bonchev–Trinajstić information content (AvgIpc) is 3.48. The molecule has 0 saturated carbocycles. The minimum absolute atomic E-state index is 0.00140. The molecule has 0 radical (unpaired) electrons. The fraction of sp³-hybridized carbons (Fsp3) is 0.346. The van der Waals surface area contributed by atoms with Crippen molar-refractivity contribution >= 4 is 23.6 Å². The SMILES string of the molecule is COc1cc(-c2cnn(C)c2)c(O[C@H]2CCN3C(=O)OC[C@@H]3C2)cc1C(=O)NCc1ccc(Cl)cc1. The summed E-state index contributed by atoms with van der Waals surface area (Å²) in [6.07, 6.45) is 4.56. The zero-order valence-corrected chi connectivity index (χ0v) is 20.8. The number of aryl methyl sites for hydroxylation is 1. The Morgan fingerprint density at radius 1 is 1.25 bits per heavy atom. The van der Waals surface area contributed by atoms with Gasteiger partial charge in [0.05, 0.1) is 24.9 Å². The fourth-order valence-corrected chi connectivity index (χ4v) is 4.75. The number of benzene rings is 2. The number of amides is 2. The third-order valence-electron chi connectivity index (χ3n) is 6.52. The Morgan fingerprint density at radius 2 is 2.06 bits per heavy atom. The van der Waals surface area contributed by atoms with Gasteiger partial charge >= 0.3 is 6.09 Å². The minimum atomic E-state index is -0.283. The molecule has 0 aliphatic carbocycles. The average molecular weight is 511 g/mol. The van der Waals surface area contributed by atoms with Crippen LogP contribution in [0, 0.1) is 0 Å². The predicted octanol–water partition coefficient (Wildman–Crippen LogP) is 4.04. The maximum atomic E-state index is 13.2. The molecule has 2 amide bonds. The molecule has 36 heavy (non-hydrogen) atoms. The van der Waals surface area contributed by atoms with Crippen LogP contribution in [-0.2, 0) is 18.3 Å². The number of piperidine rings is 1. The van der Waals surface area contributed by atoms with Crippen LogP contribution in [0.25, 0.3) is 11.1 Å². The summed E-state index contributed by atoms with van der Waals surface area (Å²) in [5, 5.41) is 7.87. The van der Waals surface area contributed by atoms with Crippen LogP contribution in [0.2, 0.25) is 5.02 Å². The largest absolute Gasteiger partial charge is 0.496 e. The van der Waals surface area contributed by atoms with Crippen molar-refractivity contribution in [3.8, 4) is 22.6 Å². The van der Waals surface area contributed by atoms with Crippen LogP contribution in [0.3, 0.4) is 0 Å². The van der Waals surface area contributed by atoms with E-state index in [0.717, 1.165) is 16.7 Å².